The van der Waals surface area contributed by atoms with Crippen molar-refractivity contribution in [1.82, 2.24) is 10.1 Å². The molecule has 1 unspecified atom stereocenters. The Labute approximate surface area is 145 Å². The van der Waals surface area contributed by atoms with Crippen LogP contribution in [-0.4, -0.2) is 16.0 Å². The first kappa shape index (κ1) is 17.7. The van der Waals surface area contributed by atoms with Gasteiger partial charge in [-0.05, 0) is 33.5 Å². The zero-order valence-corrected chi connectivity index (χ0v) is 15.6. The van der Waals surface area contributed by atoms with Crippen molar-refractivity contribution in [1.29, 1.82) is 0 Å². The van der Waals surface area contributed by atoms with E-state index in [1.54, 1.807) is 18.5 Å². The lowest BCUT2D eigenvalue weighted by Crippen LogP contribution is -2.25. The van der Waals surface area contributed by atoms with E-state index in [2.05, 4.69) is 31.4 Å². The third kappa shape index (κ3) is 4.41. The Morgan fingerprint density at radius 1 is 1.26 bits per heavy atom. The maximum absolute atomic E-state index is 12.7. The fraction of sp³-hybridized carbons (Fsp3) is 0.471. The van der Waals surface area contributed by atoms with E-state index in [-0.39, 0.29) is 23.2 Å². The molecule has 5 nitrogen and oxygen atoms in total. The zero-order chi connectivity index (χ0) is 17.2. The highest BCUT2D eigenvalue weighted by Gasteiger charge is 2.27. The number of carbonyl (C=O) groups is 1. The molecule has 124 valence electrons. The summed E-state index contributed by atoms with van der Waals surface area (Å²) in [7, 11) is 0. The molecule has 0 spiro atoms. The molecule has 0 radical (unpaired) electrons. The fourth-order valence-corrected chi connectivity index (χ4v) is 2.71. The fourth-order valence-electron chi connectivity index (χ4n) is 2.32. The number of amides is 1. The van der Waals surface area contributed by atoms with Gasteiger partial charge in [0.25, 0.3) is 0 Å². The molecule has 2 rings (SSSR count). The average molecular weight is 380 g/mol. The highest BCUT2D eigenvalue weighted by Crippen LogP contribution is 2.29. The molecule has 2 aromatic heterocycles. The zero-order valence-electron chi connectivity index (χ0n) is 14.1. The molecule has 1 amide bonds. The van der Waals surface area contributed by atoms with Crippen LogP contribution in [0, 0.1) is 5.92 Å². The highest BCUT2D eigenvalue weighted by molar-refractivity contribution is 9.10. The topological polar surface area (TPSA) is 68.0 Å². The van der Waals surface area contributed by atoms with E-state index < -0.39 is 0 Å². The number of rotatable bonds is 4. The van der Waals surface area contributed by atoms with Crippen LogP contribution in [-0.2, 0) is 10.2 Å². The minimum Gasteiger partial charge on any atom is -0.338 e. The number of hydrogen-bond donors (Lipinski definition) is 1. The highest BCUT2D eigenvalue weighted by atomic mass is 79.9. The number of pyridine rings is 1. The van der Waals surface area contributed by atoms with Gasteiger partial charge in [-0.15, -0.1) is 0 Å². The molecule has 0 aliphatic rings. The van der Waals surface area contributed by atoms with Gasteiger partial charge in [0.15, 0.2) is 0 Å². The summed E-state index contributed by atoms with van der Waals surface area (Å²) in [6.45, 7) is 10.1. The largest absolute Gasteiger partial charge is 0.338 e. The minimum atomic E-state index is -0.316. The molecule has 0 bridgehead atoms. The molecule has 2 heterocycles. The van der Waals surface area contributed by atoms with Gasteiger partial charge >= 0.3 is 0 Å². The molecule has 6 heteroatoms. The second-order valence-electron chi connectivity index (χ2n) is 6.97. The molecule has 2 aromatic rings. The van der Waals surface area contributed by atoms with Crippen molar-refractivity contribution in [3.05, 3.63) is 40.3 Å². The molecular formula is C17H22BrN3O2. The van der Waals surface area contributed by atoms with Crippen molar-refractivity contribution in [3.63, 3.8) is 0 Å². The van der Waals surface area contributed by atoms with Crippen molar-refractivity contribution in [2.45, 2.75) is 46.0 Å². The average Bonchev–Trinajstić information content (AvgIpc) is 2.86. The van der Waals surface area contributed by atoms with E-state index in [1.807, 2.05) is 40.7 Å². The first-order valence-electron chi connectivity index (χ1n) is 7.57. The Hall–Kier alpha value is -1.69. The first-order valence-corrected chi connectivity index (χ1v) is 8.36. The van der Waals surface area contributed by atoms with E-state index in [1.165, 1.54) is 0 Å². The van der Waals surface area contributed by atoms with Crippen LogP contribution < -0.4 is 5.32 Å². The number of hydrogen-bond acceptors (Lipinski definition) is 4. The summed E-state index contributed by atoms with van der Waals surface area (Å²) in [5.41, 5.74) is 1.54. The maximum Gasteiger partial charge on any atom is 0.234 e. The number of carbonyl (C=O) groups excluding carboxylic acids is 1. The second kappa shape index (κ2) is 6.83. The van der Waals surface area contributed by atoms with E-state index in [4.69, 9.17) is 4.52 Å². The van der Waals surface area contributed by atoms with Crippen molar-refractivity contribution < 1.29 is 9.32 Å². The van der Waals surface area contributed by atoms with Crippen LogP contribution in [0.4, 0.5) is 5.88 Å². The van der Waals surface area contributed by atoms with E-state index in [9.17, 15) is 4.79 Å². The summed E-state index contributed by atoms with van der Waals surface area (Å²) in [5, 5.41) is 6.84. The van der Waals surface area contributed by atoms with E-state index >= 15 is 0 Å². The molecule has 0 aromatic carbocycles. The molecule has 1 atom stereocenters. The van der Waals surface area contributed by atoms with Crippen LogP contribution in [0.1, 0.15) is 51.8 Å². The number of nitrogens with zero attached hydrogens (tertiary/aromatic N) is 2. The lowest BCUT2D eigenvalue weighted by atomic mass is 9.88. The van der Waals surface area contributed by atoms with Crippen LogP contribution in [0.25, 0.3) is 0 Å². The van der Waals surface area contributed by atoms with Crippen molar-refractivity contribution in [2.75, 3.05) is 5.32 Å². The standard InChI is InChI=1S/C17H22BrN3O2/c1-10(2)15(11-6-12(18)9-19-8-11)16(22)20-14-7-13(21-23-14)17(3,4)5/h6-10,15H,1-5H3,(H,20,22). The molecule has 23 heavy (non-hydrogen) atoms. The van der Waals surface area contributed by atoms with E-state index in [0.29, 0.717) is 5.88 Å². The number of aromatic nitrogens is 2. The quantitative estimate of drug-likeness (QED) is 0.848. The summed E-state index contributed by atoms with van der Waals surface area (Å²) >= 11 is 3.40. The van der Waals surface area contributed by atoms with Gasteiger partial charge in [-0.3, -0.25) is 15.1 Å². The number of nitrogens with one attached hydrogen (secondary N) is 1. The van der Waals surface area contributed by atoms with Gasteiger partial charge in [0.1, 0.15) is 0 Å². The number of halogens is 1. The Morgan fingerprint density at radius 3 is 2.48 bits per heavy atom. The smallest absolute Gasteiger partial charge is 0.234 e. The van der Waals surface area contributed by atoms with Crippen LogP contribution in [0.15, 0.2) is 33.5 Å². The number of anilines is 1. The third-order valence-electron chi connectivity index (χ3n) is 3.56. The molecule has 0 aliphatic carbocycles. The van der Waals surface area contributed by atoms with Gasteiger partial charge in [0.2, 0.25) is 11.8 Å². The lowest BCUT2D eigenvalue weighted by Gasteiger charge is -2.19. The van der Waals surface area contributed by atoms with Crippen LogP contribution in [0.5, 0.6) is 0 Å². The normalized spacial score (nSPS) is 13.2. The summed E-state index contributed by atoms with van der Waals surface area (Å²) in [6.07, 6.45) is 3.42. The van der Waals surface area contributed by atoms with E-state index in [0.717, 1.165) is 15.7 Å². The lowest BCUT2D eigenvalue weighted by molar-refractivity contribution is -0.118. The summed E-state index contributed by atoms with van der Waals surface area (Å²) in [4.78, 5) is 16.8. The Kier molecular flexibility index (Phi) is 5.24. The minimum absolute atomic E-state index is 0.121. The van der Waals surface area contributed by atoms with Crippen LogP contribution >= 0.6 is 15.9 Å². The third-order valence-corrected chi connectivity index (χ3v) is 3.99. The SMILES string of the molecule is CC(C)C(C(=O)Nc1cc(C(C)(C)C)no1)c1cncc(Br)c1. The first-order chi connectivity index (χ1) is 10.7. The summed E-state index contributed by atoms with van der Waals surface area (Å²) < 4.78 is 6.09. The van der Waals surface area contributed by atoms with Crippen molar-refractivity contribution in [3.8, 4) is 0 Å². The van der Waals surface area contributed by atoms with Gasteiger partial charge in [0, 0.05) is 28.3 Å². The monoisotopic (exact) mass is 379 g/mol. The molecule has 0 saturated carbocycles. The Bertz CT molecular complexity index is 689. The van der Waals surface area contributed by atoms with Gasteiger partial charge in [-0.2, -0.15) is 0 Å². The molecule has 0 aliphatic heterocycles. The Balaban J connectivity index is 2.21. The Morgan fingerprint density at radius 2 is 1.96 bits per heavy atom. The maximum atomic E-state index is 12.7. The van der Waals surface area contributed by atoms with Crippen molar-refractivity contribution in [2.24, 2.45) is 5.92 Å². The van der Waals surface area contributed by atoms with Crippen LogP contribution in [0.3, 0.4) is 0 Å². The van der Waals surface area contributed by atoms with Gasteiger partial charge in [-0.25, -0.2) is 0 Å². The molecule has 0 saturated heterocycles. The van der Waals surface area contributed by atoms with Gasteiger partial charge in [-0.1, -0.05) is 39.8 Å². The van der Waals surface area contributed by atoms with Crippen LogP contribution in [0.2, 0.25) is 0 Å². The van der Waals surface area contributed by atoms with Gasteiger partial charge < -0.3 is 4.52 Å². The predicted octanol–water partition coefficient (Wildman–Crippen LogP) is 4.51. The second-order valence-corrected chi connectivity index (χ2v) is 7.89. The molecular weight excluding hydrogens is 358 g/mol. The molecule has 1 N–H and O–H groups in total. The summed E-state index contributed by atoms with van der Waals surface area (Å²) in [6, 6.07) is 3.69. The van der Waals surface area contributed by atoms with Gasteiger partial charge in [0.05, 0.1) is 11.6 Å². The molecule has 0 fully saturated rings. The predicted molar refractivity (Wildman–Crippen MR) is 93.3 cm³/mol. The summed E-state index contributed by atoms with van der Waals surface area (Å²) in [5.74, 6) is 0.0457. The van der Waals surface area contributed by atoms with Crippen molar-refractivity contribution >= 4 is 27.7 Å².